The van der Waals surface area contributed by atoms with Gasteiger partial charge in [0.25, 0.3) is 0 Å². The number of rotatable bonds is 3. The molecule has 0 aliphatic carbocycles. The molecule has 5 nitrogen and oxygen atoms in total. The van der Waals surface area contributed by atoms with Crippen molar-refractivity contribution in [3.8, 4) is 0 Å². The maximum Gasteiger partial charge on any atom is 0.302 e. The zero-order valence-electron chi connectivity index (χ0n) is 9.18. The molecule has 0 amide bonds. The largest absolute Gasteiger partial charge is 0.302 e. The highest BCUT2D eigenvalue weighted by Gasteiger charge is 2.25. The van der Waals surface area contributed by atoms with Gasteiger partial charge in [-0.05, 0) is 37.5 Å². The zero-order chi connectivity index (χ0) is 11.6. The Kier molecular flexibility index (Phi) is 3.11. The second kappa shape index (κ2) is 4.39. The van der Waals surface area contributed by atoms with Gasteiger partial charge in [0, 0.05) is 19.3 Å². The van der Waals surface area contributed by atoms with Gasteiger partial charge in [-0.3, -0.25) is 4.72 Å². The van der Waals surface area contributed by atoms with Gasteiger partial charge in [0.2, 0.25) is 0 Å². The Bertz CT molecular complexity index is 467. The number of nitrogens with zero attached hydrogens (tertiary/aromatic N) is 2. The van der Waals surface area contributed by atoms with Gasteiger partial charge in [0.05, 0.1) is 0 Å². The fraction of sp³-hybridized carbons (Fsp3) is 0.500. The van der Waals surface area contributed by atoms with E-state index < -0.39 is 10.2 Å². The smallest absolute Gasteiger partial charge is 0.254 e. The SMILES string of the molecule is Cc1ccnc(NS(=O)(=O)N2CCCC2)c1. The summed E-state index contributed by atoms with van der Waals surface area (Å²) in [7, 11) is -3.41. The van der Waals surface area contributed by atoms with E-state index in [-0.39, 0.29) is 0 Å². The Morgan fingerprint density at radius 2 is 2.06 bits per heavy atom. The summed E-state index contributed by atoms with van der Waals surface area (Å²) >= 11 is 0. The molecule has 2 rings (SSSR count). The van der Waals surface area contributed by atoms with Crippen molar-refractivity contribution in [2.24, 2.45) is 0 Å². The van der Waals surface area contributed by atoms with Gasteiger partial charge in [-0.25, -0.2) is 4.98 Å². The van der Waals surface area contributed by atoms with Crippen LogP contribution in [0.15, 0.2) is 18.3 Å². The fourth-order valence-electron chi connectivity index (χ4n) is 1.72. The average Bonchev–Trinajstić information content (AvgIpc) is 2.69. The van der Waals surface area contributed by atoms with E-state index in [2.05, 4.69) is 9.71 Å². The number of pyridine rings is 1. The molecule has 1 saturated heterocycles. The highest BCUT2D eigenvalue weighted by Crippen LogP contribution is 2.15. The summed E-state index contributed by atoms with van der Waals surface area (Å²) in [6.45, 7) is 3.09. The fourth-order valence-corrected chi connectivity index (χ4v) is 2.96. The van der Waals surface area contributed by atoms with E-state index in [1.165, 1.54) is 4.31 Å². The van der Waals surface area contributed by atoms with Crippen molar-refractivity contribution in [3.05, 3.63) is 23.9 Å². The predicted octanol–water partition coefficient (Wildman–Crippen LogP) is 1.14. The monoisotopic (exact) mass is 241 g/mol. The topological polar surface area (TPSA) is 62.3 Å². The number of aryl methyl sites for hydroxylation is 1. The number of aromatic nitrogens is 1. The van der Waals surface area contributed by atoms with Crippen molar-refractivity contribution in [2.75, 3.05) is 17.8 Å². The van der Waals surface area contributed by atoms with E-state index in [4.69, 9.17) is 0 Å². The van der Waals surface area contributed by atoms with Gasteiger partial charge in [0.15, 0.2) is 0 Å². The molecule has 1 fully saturated rings. The summed E-state index contributed by atoms with van der Waals surface area (Å²) in [5.41, 5.74) is 0.981. The maximum atomic E-state index is 11.9. The van der Waals surface area contributed by atoms with Crippen molar-refractivity contribution in [3.63, 3.8) is 0 Å². The highest BCUT2D eigenvalue weighted by atomic mass is 32.2. The molecule has 0 atom stereocenters. The van der Waals surface area contributed by atoms with Crippen molar-refractivity contribution in [1.82, 2.24) is 9.29 Å². The normalized spacial score (nSPS) is 17.6. The van der Waals surface area contributed by atoms with Crippen LogP contribution < -0.4 is 4.72 Å². The van der Waals surface area contributed by atoms with E-state index >= 15 is 0 Å². The van der Waals surface area contributed by atoms with Gasteiger partial charge in [-0.15, -0.1) is 0 Å². The Labute approximate surface area is 95.7 Å². The lowest BCUT2D eigenvalue weighted by Gasteiger charge is -2.16. The maximum absolute atomic E-state index is 11.9. The number of anilines is 1. The van der Waals surface area contributed by atoms with Crippen LogP contribution in [0, 0.1) is 6.92 Å². The Morgan fingerprint density at radius 1 is 1.38 bits per heavy atom. The van der Waals surface area contributed by atoms with Crippen LogP contribution in [0.1, 0.15) is 18.4 Å². The van der Waals surface area contributed by atoms with Crippen molar-refractivity contribution in [1.29, 1.82) is 0 Å². The number of hydrogen-bond donors (Lipinski definition) is 1. The third kappa shape index (κ3) is 2.51. The third-order valence-electron chi connectivity index (χ3n) is 2.55. The van der Waals surface area contributed by atoms with Crippen LogP contribution in [0.2, 0.25) is 0 Å². The summed E-state index contributed by atoms with van der Waals surface area (Å²) < 4.78 is 27.7. The summed E-state index contributed by atoms with van der Waals surface area (Å²) in [6.07, 6.45) is 3.46. The molecule has 1 aliphatic rings. The van der Waals surface area contributed by atoms with E-state index in [9.17, 15) is 8.42 Å². The first-order valence-corrected chi connectivity index (χ1v) is 6.72. The molecule has 1 N–H and O–H groups in total. The molecular weight excluding hydrogens is 226 g/mol. The molecule has 1 aromatic heterocycles. The molecule has 0 saturated carbocycles. The van der Waals surface area contributed by atoms with Crippen LogP contribution in [0.5, 0.6) is 0 Å². The lowest BCUT2D eigenvalue weighted by Crippen LogP contribution is -2.33. The van der Waals surface area contributed by atoms with Crippen LogP contribution in [-0.2, 0) is 10.2 Å². The number of nitrogens with one attached hydrogen (secondary N) is 1. The summed E-state index contributed by atoms with van der Waals surface area (Å²) in [4.78, 5) is 3.98. The highest BCUT2D eigenvalue weighted by molar-refractivity contribution is 7.90. The van der Waals surface area contributed by atoms with E-state index in [0.717, 1.165) is 18.4 Å². The van der Waals surface area contributed by atoms with E-state index in [0.29, 0.717) is 18.9 Å². The van der Waals surface area contributed by atoms with Crippen LogP contribution in [0.4, 0.5) is 5.82 Å². The standard InChI is InChI=1S/C10H15N3O2S/c1-9-4-5-11-10(8-9)12-16(14,15)13-6-2-3-7-13/h4-5,8H,2-3,6-7H2,1H3,(H,11,12). The quantitative estimate of drug-likeness (QED) is 0.863. The molecule has 0 aromatic carbocycles. The summed E-state index contributed by atoms with van der Waals surface area (Å²) in [5, 5.41) is 0. The predicted molar refractivity (Wildman–Crippen MR) is 62.3 cm³/mol. The van der Waals surface area contributed by atoms with Crippen molar-refractivity contribution >= 4 is 16.0 Å². The Balaban J connectivity index is 2.14. The van der Waals surface area contributed by atoms with Crippen LogP contribution in [0.25, 0.3) is 0 Å². The molecular formula is C10H15N3O2S. The molecule has 16 heavy (non-hydrogen) atoms. The van der Waals surface area contributed by atoms with Crippen molar-refractivity contribution in [2.45, 2.75) is 19.8 Å². The van der Waals surface area contributed by atoms with Gasteiger partial charge >= 0.3 is 10.2 Å². The first kappa shape index (κ1) is 11.3. The first-order valence-electron chi connectivity index (χ1n) is 5.28. The molecule has 1 aliphatic heterocycles. The summed E-state index contributed by atoms with van der Waals surface area (Å²) in [6, 6.07) is 3.54. The van der Waals surface area contributed by atoms with Crippen LogP contribution in [0.3, 0.4) is 0 Å². The molecule has 0 unspecified atom stereocenters. The Hall–Kier alpha value is -1.14. The van der Waals surface area contributed by atoms with Gasteiger partial charge < -0.3 is 0 Å². The minimum Gasteiger partial charge on any atom is -0.254 e. The molecule has 88 valence electrons. The minimum atomic E-state index is -3.41. The van der Waals surface area contributed by atoms with E-state index in [1.54, 1.807) is 12.3 Å². The molecule has 0 bridgehead atoms. The number of hydrogen-bond acceptors (Lipinski definition) is 3. The molecule has 1 aromatic rings. The van der Waals surface area contributed by atoms with Gasteiger partial charge in [-0.1, -0.05) is 0 Å². The van der Waals surface area contributed by atoms with Gasteiger partial charge in [0.1, 0.15) is 5.82 Å². The summed E-state index contributed by atoms with van der Waals surface area (Å²) in [5.74, 6) is 0.381. The lowest BCUT2D eigenvalue weighted by molar-refractivity contribution is 0.482. The first-order chi connectivity index (χ1) is 7.58. The molecule has 2 heterocycles. The third-order valence-corrected chi connectivity index (χ3v) is 4.07. The van der Waals surface area contributed by atoms with Crippen molar-refractivity contribution < 1.29 is 8.42 Å². The molecule has 0 radical (unpaired) electrons. The second-order valence-corrected chi connectivity index (χ2v) is 5.60. The second-order valence-electron chi connectivity index (χ2n) is 3.93. The minimum absolute atomic E-state index is 0.381. The molecule has 6 heteroatoms. The lowest BCUT2D eigenvalue weighted by atomic mass is 10.3. The Morgan fingerprint density at radius 3 is 2.69 bits per heavy atom. The average molecular weight is 241 g/mol. The zero-order valence-corrected chi connectivity index (χ0v) is 10.00. The molecule has 0 spiro atoms. The van der Waals surface area contributed by atoms with Crippen LogP contribution in [-0.4, -0.2) is 30.8 Å². The van der Waals surface area contributed by atoms with Gasteiger partial charge in [-0.2, -0.15) is 12.7 Å². The van der Waals surface area contributed by atoms with E-state index in [1.807, 2.05) is 13.0 Å². The van der Waals surface area contributed by atoms with Crippen LogP contribution >= 0.6 is 0 Å².